The third-order valence-electron chi connectivity index (χ3n) is 19.0. The van der Waals surface area contributed by atoms with Crippen molar-refractivity contribution in [1.29, 1.82) is 0 Å². The van der Waals surface area contributed by atoms with Crippen LogP contribution in [0.3, 0.4) is 0 Å². The summed E-state index contributed by atoms with van der Waals surface area (Å²) in [4.78, 5) is 13.5. The molecule has 1 amide bonds. The van der Waals surface area contributed by atoms with Crippen molar-refractivity contribution >= 4 is 5.91 Å². The number of rotatable bonds is 61. The summed E-state index contributed by atoms with van der Waals surface area (Å²) in [5.74, 6) is -0.313. The van der Waals surface area contributed by atoms with E-state index in [9.17, 15) is 61.0 Å². The summed E-state index contributed by atoms with van der Waals surface area (Å²) in [6.45, 7) is 1.59. The van der Waals surface area contributed by atoms with Gasteiger partial charge in [-0.1, -0.05) is 283 Å². The molecule has 3 fully saturated rings. The fourth-order valence-electron chi connectivity index (χ4n) is 12.6. The average Bonchev–Trinajstić information content (AvgIpc) is 0.766. The normalized spacial score (nSPS) is 26.9. The summed E-state index contributed by atoms with van der Waals surface area (Å²) in [5.41, 5.74) is 0. The first kappa shape index (κ1) is 92.4. The summed E-state index contributed by atoms with van der Waals surface area (Å²) in [7, 11) is 0. The molecule has 19 heteroatoms. The number of nitrogens with one attached hydrogen (secondary N) is 1. The van der Waals surface area contributed by atoms with Crippen molar-refractivity contribution < 1.29 is 89.4 Å². The number of amides is 1. The van der Waals surface area contributed by atoms with Gasteiger partial charge in [0.2, 0.25) is 5.91 Å². The smallest absolute Gasteiger partial charge is 0.220 e. The number of carbonyl (C=O) groups is 1. The number of aliphatic hydroxyl groups excluding tert-OH is 11. The largest absolute Gasteiger partial charge is 0.394 e. The van der Waals surface area contributed by atoms with Crippen molar-refractivity contribution in [3.8, 4) is 0 Å². The average molecular weight is 1440 g/mol. The van der Waals surface area contributed by atoms with Crippen molar-refractivity contribution in [2.45, 2.75) is 369 Å². The molecule has 0 aliphatic carbocycles. The molecule has 3 aliphatic heterocycles. The first-order chi connectivity index (χ1) is 49.8. The van der Waals surface area contributed by atoms with Gasteiger partial charge in [0.05, 0.1) is 38.6 Å². The zero-order chi connectivity index (χ0) is 73.9. The Balaban J connectivity index is 1.42. The Morgan fingerprint density at radius 2 is 0.686 bits per heavy atom. The van der Waals surface area contributed by atoms with E-state index in [2.05, 4.69) is 129 Å². The lowest BCUT2D eigenvalue weighted by Gasteiger charge is -2.48. The highest BCUT2D eigenvalue weighted by molar-refractivity contribution is 5.76. The van der Waals surface area contributed by atoms with E-state index in [1.807, 2.05) is 6.08 Å². The second-order valence-electron chi connectivity index (χ2n) is 27.8. The van der Waals surface area contributed by atoms with E-state index in [1.54, 1.807) is 6.08 Å². The molecule has 0 radical (unpaired) electrons. The number of carbonyl (C=O) groups excluding carboxylic acids is 1. The second kappa shape index (κ2) is 62.3. The van der Waals surface area contributed by atoms with Crippen LogP contribution in [0.4, 0.5) is 0 Å². The van der Waals surface area contributed by atoms with Crippen LogP contribution >= 0.6 is 0 Å². The van der Waals surface area contributed by atoms with Crippen molar-refractivity contribution in [1.82, 2.24) is 5.32 Å². The first-order valence-corrected chi connectivity index (χ1v) is 39.8. The lowest BCUT2D eigenvalue weighted by atomic mass is 9.96. The highest BCUT2D eigenvalue weighted by atomic mass is 16.8. The number of hydrogen-bond donors (Lipinski definition) is 12. The van der Waals surface area contributed by atoms with E-state index in [-0.39, 0.29) is 18.9 Å². The lowest BCUT2D eigenvalue weighted by Crippen LogP contribution is -2.66. The summed E-state index contributed by atoms with van der Waals surface area (Å²) < 4.78 is 34.4. The van der Waals surface area contributed by atoms with Crippen LogP contribution in [0.2, 0.25) is 0 Å². The molecule has 0 aromatic rings. The predicted octanol–water partition coefficient (Wildman–Crippen LogP) is 13.1. The maximum absolute atomic E-state index is 13.5. The first-order valence-electron chi connectivity index (χ1n) is 39.8. The van der Waals surface area contributed by atoms with Gasteiger partial charge in [0, 0.05) is 6.42 Å². The Labute approximate surface area is 614 Å². The molecule has 19 nitrogen and oxygen atoms in total. The summed E-state index contributed by atoms with van der Waals surface area (Å²) in [6.07, 6.45) is 60.4. The van der Waals surface area contributed by atoms with Crippen LogP contribution in [0.15, 0.2) is 122 Å². The second-order valence-corrected chi connectivity index (χ2v) is 27.8. The minimum atomic E-state index is -1.99. The molecule has 17 unspecified atom stereocenters. The van der Waals surface area contributed by atoms with Crippen LogP contribution in [-0.4, -0.2) is 193 Å². The Hall–Kier alpha value is -3.81. The van der Waals surface area contributed by atoms with E-state index < -0.39 is 124 Å². The van der Waals surface area contributed by atoms with E-state index in [0.29, 0.717) is 12.8 Å². The molecular weight excluding hydrogens is 1300 g/mol. The van der Waals surface area contributed by atoms with Gasteiger partial charge >= 0.3 is 0 Å². The lowest BCUT2D eigenvalue weighted by molar-refractivity contribution is -0.379. The van der Waals surface area contributed by atoms with Crippen LogP contribution in [-0.2, 0) is 33.2 Å². The van der Waals surface area contributed by atoms with Gasteiger partial charge in [-0.2, -0.15) is 0 Å². The van der Waals surface area contributed by atoms with Gasteiger partial charge in [-0.05, 0) is 96.3 Å². The maximum atomic E-state index is 13.5. The third kappa shape index (κ3) is 41.9. The van der Waals surface area contributed by atoms with Gasteiger partial charge < -0.3 is 89.9 Å². The highest BCUT2D eigenvalue weighted by Crippen LogP contribution is 2.33. The fourth-order valence-corrected chi connectivity index (χ4v) is 12.6. The molecular formula is C83H141NO18. The molecule has 0 aromatic carbocycles. The third-order valence-corrected chi connectivity index (χ3v) is 19.0. The molecule has 0 saturated carbocycles. The monoisotopic (exact) mass is 1440 g/mol. The van der Waals surface area contributed by atoms with Gasteiger partial charge in [-0.3, -0.25) is 4.79 Å². The zero-order valence-electron chi connectivity index (χ0n) is 62.5. The molecule has 12 N–H and O–H groups in total. The molecule has 0 bridgehead atoms. The SMILES string of the molecule is CC/C=C\C/C=C\C/C=C\C/C=C\C/C=C\C/C=C\C/C=C\C/C=C\CCCCCCC(=O)NC(COC1OC(CO)C(OC2OC(CO)C(OC3OC(CO)C(O)C(O)C3O)C(O)C2O)C(O)C1O)C(O)/C=C/CC/C=C/CCCCCCCCCCCCCCCCCCCCCCCC. The van der Waals surface area contributed by atoms with Crippen LogP contribution in [0.1, 0.15) is 264 Å². The van der Waals surface area contributed by atoms with E-state index >= 15 is 0 Å². The van der Waals surface area contributed by atoms with Gasteiger partial charge in [-0.25, -0.2) is 0 Å². The number of aliphatic hydroxyl groups is 11. The van der Waals surface area contributed by atoms with Gasteiger partial charge in [0.25, 0.3) is 0 Å². The molecule has 3 aliphatic rings. The molecule has 3 saturated heterocycles. The number of unbranched alkanes of at least 4 members (excludes halogenated alkanes) is 27. The molecule has 3 rings (SSSR count). The van der Waals surface area contributed by atoms with Crippen molar-refractivity contribution in [2.24, 2.45) is 0 Å². The molecule has 3 heterocycles. The van der Waals surface area contributed by atoms with Crippen LogP contribution in [0.25, 0.3) is 0 Å². The summed E-state index contributed by atoms with van der Waals surface area (Å²) in [6, 6.07) is -1.02. The van der Waals surface area contributed by atoms with Crippen molar-refractivity contribution in [3.63, 3.8) is 0 Å². The fraction of sp³-hybridized carbons (Fsp3) is 0.747. The Morgan fingerprint density at radius 1 is 0.363 bits per heavy atom. The Morgan fingerprint density at radius 3 is 1.10 bits per heavy atom. The van der Waals surface area contributed by atoms with Gasteiger partial charge in [-0.15, -0.1) is 0 Å². The standard InChI is InChI=1S/C83H141NO18/c1-3-5-7-9-11-13-15-17-19-21-23-25-27-29-31-33-35-37-39-41-43-45-47-49-51-53-55-57-59-61-71(89)84-66(67(88)60-58-56-54-52-50-48-46-44-42-40-38-36-34-32-30-28-26-24-22-20-18-16-14-12-10-8-6-4-2)65-97-81-77(95)74(92)79(69(63-86)99-81)102-83-78(96)75(93)80(70(64-87)100-83)101-82-76(94)73(91)72(90)68(62-85)98-82/h5,7,11,13,17,19,23,25,29,31,35,37,41,43,47,49-50,52,58,60,66-70,72-83,85-88,90-96H,3-4,6,8-10,12,14-16,18,20-22,24,26-28,30,32-34,36,38-40,42,44-46,48,51,53-57,59,61-65H2,1-2H3,(H,84,89)/b7-5-,13-11-,19-17-,25-23-,31-29-,37-35-,43-41-,49-47-,52-50+,60-58+. The van der Waals surface area contributed by atoms with Crippen molar-refractivity contribution in [2.75, 3.05) is 26.4 Å². The predicted molar refractivity (Wildman–Crippen MR) is 406 cm³/mol. The maximum Gasteiger partial charge on any atom is 0.220 e. The Bertz CT molecular complexity index is 2320. The van der Waals surface area contributed by atoms with Gasteiger partial charge in [0.1, 0.15) is 73.2 Å². The van der Waals surface area contributed by atoms with E-state index in [4.69, 9.17) is 28.4 Å². The van der Waals surface area contributed by atoms with Crippen LogP contribution in [0, 0.1) is 0 Å². The zero-order valence-corrected chi connectivity index (χ0v) is 62.5. The number of hydrogen-bond acceptors (Lipinski definition) is 18. The van der Waals surface area contributed by atoms with Crippen LogP contribution in [0.5, 0.6) is 0 Å². The van der Waals surface area contributed by atoms with Crippen LogP contribution < -0.4 is 5.32 Å². The number of allylic oxidation sites excluding steroid dienone is 19. The number of ether oxygens (including phenoxy) is 6. The van der Waals surface area contributed by atoms with E-state index in [1.165, 1.54) is 135 Å². The Kier molecular flexibility index (Phi) is 56.4. The van der Waals surface area contributed by atoms with E-state index in [0.717, 1.165) is 96.3 Å². The quantitative estimate of drug-likeness (QED) is 0.0199. The summed E-state index contributed by atoms with van der Waals surface area (Å²) in [5, 5.41) is 121. The molecule has 17 atom stereocenters. The van der Waals surface area contributed by atoms with Crippen molar-refractivity contribution in [3.05, 3.63) is 122 Å². The minimum absolute atomic E-state index is 0.198. The highest BCUT2D eigenvalue weighted by Gasteiger charge is 2.53. The van der Waals surface area contributed by atoms with Gasteiger partial charge in [0.15, 0.2) is 18.9 Å². The molecule has 0 aromatic heterocycles. The molecule has 102 heavy (non-hydrogen) atoms. The summed E-state index contributed by atoms with van der Waals surface area (Å²) >= 11 is 0. The molecule has 0 spiro atoms. The minimum Gasteiger partial charge on any atom is -0.394 e. The topological polar surface area (TPSA) is 307 Å². The molecule has 586 valence electrons.